The first-order valence-corrected chi connectivity index (χ1v) is 15.7. The van der Waals surface area contributed by atoms with Crippen LogP contribution in [0.15, 0.2) is 180 Å². The predicted octanol–water partition coefficient (Wildman–Crippen LogP) is 12.7. The van der Waals surface area contributed by atoms with Gasteiger partial charge in [-0.05, 0) is 99.1 Å². The average molecular weight is 588 g/mol. The second-order valence-corrected chi connectivity index (χ2v) is 11.8. The Morgan fingerprint density at radius 3 is 1.67 bits per heavy atom. The molecular formula is C44H29NO. The Hall–Kier alpha value is -6.12. The Morgan fingerprint density at radius 1 is 0.348 bits per heavy atom. The van der Waals surface area contributed by atoms with Gasteiger partial charge in [-0.25, -0.2) is 0 Å². The van der Waals surface area contributed by atoms with Gasteiger partial charge >= 0.3 is 0 Å². The molecule has 0 bridgehead atoms. The number of furan rings is 1. The van der Waals surface area contributed by atoms with E-state index in [9.17, 15) is 0 Å². The SMILES string of the molecule is c1ccc(N(c2ccccc2)c2ccc(-c3ccc4c(c3)oc3c5ccccc5c(-c5ccc6ccccc6c5)cc43)cc2)cc1. The molecule has 0 aliphatic heterocycles. The van der Waals surface area contributed by atoms with E-state index in [-0.39, 0.29) is 0 Å². The van der Waals surface area contributed by atoms with Crippen LogP contribution in [-0.4, -0.2) is 0 Å². The second-order valence-electron chi connectivity index (χ2n) is 11.8. The number of nitrogens with zero attached hydrogens (tertiary/aromatic N) is 1. The van der Waals surface area contributed by atoms with Crippen molar-refractivity contribution in [2.24, 2.45) is 0 Å². The Labute approximate surface area is 267 Å². The van der Waals surface area contributed by atoms with Crippen LogP contribution in [-0.2, 0) is 0 Å². The van der Waals surface area contributed by atoms with Gasteiger partial charge in [-0.15, -0.1) is 0 Å². The summed E-state index contributed by atoms with van der Waals surface area (Å²) in [6.07, 6.45) is 0. The smallest absolute Gasteiger partial charge is 0.143 e. The fourth-order valence-corrected chi connectivity index (χ4v) is 6.78. The van der Waals surface area contributed by atoms with E-state index in [4.69, 9.17) is 4.42 Å². The zero-order valence-corrected chi connectivity index (χ0v) is 25.1. The molecule has 2 heteroatoms. The molecule has 9 aromatic rings. The molecule has 0 N–H and O–H groups in total. The normalized spacial score (nSPS) is 11.5. The van der Waals surface area contributed by atoms with Gasteiger partial charge in [0.15, 0.2) is 0 Å². The first-order valence-electron chi connectivity index (χ1n) is 15.7. The summed E-state index contributed by atoms with van der Waals surface area (Å²) in [4.78, 5) is 2.28. The van der Waals surface area contributed by atoms with E-state index in [0.717, 1.165) is 55.5 Å². The number of fused-ring (bicyclic) bond motifs is 6. The summed E-state index contributed by atoms with van der Waals surface area (Å²) in [7, 11) is 0. The lowest BCUT2D eigenvalue weighted by Crippen LogP contribution is -2.09. The number of para-hydroxylation sites is 2. The van der Waals surface area contributed by atoms with Gasteiger partial charge in [0.2, 0.25) is 0 Å². The third kappa shape index (κ3) is 4.43. The highest BCUT2D eigenvalue weighted by Gasteiger charge is 2.16. The largest absolute Gasteiger partial charge is 0.455 e. The molecule has 8 aromatic carbocycles. The maximum atomic E-state index is 6.66. The zero-order chi connectivity index (χ0) is 30.5. The van der Waals surface area contributed by atoms with Crippen LogP contribution < -0.4 is 4.90 Å². The van der Waals surface area contributed by atoms with Crippen molar-refractivity contribution in [1.82, 2.24) is 0 Å². The van der Waals surface area contributed by atoms with Crippen molar-refractivity contribution < 1.29 is 4.42 Å². The van der Waals surface area contributed by atoms with Gasteiger partial charge in [0, 0.05) is 33.2 Å². The topological polar surface area (TPSA) is 16.4 Å². The van der Waals surface area contributed by atoms with Crippen molar-refractivity contribution in [3.8, 4) is 22.3 Å². The van der Waals surface area contributed by atoms with E-state index >= 15 is 0 Å². The molecule has 0 aliphatic rings. The molecule has 2 nitrogen and oxygen atoms in total. The van der Waals surface area contributed by atoms with Crippen molar-refractivity contribution in [3.63, 3.8) is 0 Å². The van der Waals surface area contributed by atoms with Crippen molar-refractivity contribution >= 4 is 60.5 Å². The van der Waals surface area contributed by atoms with E-state index in [2.05, 4.69) is 181 Å². The molecule has 1 aromatic heterocycles. The van der Waals surface area contributed by atoms with Gasteiger partial charge < -0.3 is 9.32 Å². The third-order valence-corrected chi connectivity index (χ3v) is 9.03. The minimum atomic E-state index is 0.896. The van der Waals surface area contributed by atoms with Gasteiger partial charge in [0.05, 0.1) is 0 Å². The fraction of sp³-hybridized carbons (Fsp3) is 0. The van der Waals surface area contributed by atoms with Crippen LogP contribution in [0, 0.1) is 0 Å². The van der Waals surface area contributed by atoms with Gasteiger partial charge in [0.25, 0.3) is 0 Å². The van der Waals surface area contributed by atoms with E-state index in [1.807, 2.05) is 0 Å². The highest BCUT2D eigenvalue weighted by Crippen LogP contribution is 2.42. The van der Waals surface area contributed by atoms with Crippen LogP contribution in [0.1, 0.15) is 0 Å². The van der Waals surface area contributed by atoms with Crippen molar-refractivity contribution in [1.29, 1.82) is 0 Å². The van der Waals surface area contributed by atoms with Crippen molar-refractivity contribution in [2.75, 3.05) is 4.90 Å². The molecule has 216 valence electrons. The molecule has 46 heavy (non-hydrogen) atoms. The summed E-state index contributed by atoms with van der Waals surface area (Å²) >= 11 is 0. The monoisotopic (exact) mass is 587 g/mol. The molecule has 0 amide bonds. The number of benzene rings is 8. The molecule has 9 rings (SSSR count). The quantitative estimate of drug-likeness (QED) is 0.199. The van der Waals surface area contributed by atoms with Crippen molar-refractivity contribution in [2.45, 2.75) is 0 Å². The fourth-order valence-electron chi connectivity index (χ4n) is 6.78. The highest BCUT2D eigenvalue weighted by atomic mass is 16.3. The minimum Gasteiger partial charge on any atom is -0.455 e. The molecule has 0 atom stereocenters. The van der Waals surface area contributed by atoms with Gasteiger partial charge in [-0.2, -0.15) is 0 Å². The van der Waals surface area contributed by atoms with Crippen LogP contribution in [0.25, 0.3) is 65.7 Å². The predicted molar refractivity (Wildman–Crippen MR) is 194 cm³/mol. The minimum absolute atomic E-state index is 0.896. The van der Waals surface area contributed by atoms with Crippen LogP contribution in [0.2, 0.25) is 0 Å². The van der Waals surface area contributed by atoms with E-state index in [1.165, 1.54) is 27.3 Å². The number of hydrogen-bond acceptors (Lipinski definition) is 2. The molecule has 0 fully saturated rings. The molecular weight excluding hydrogens is 558 g/mol. The van der Waals surface area contributed by atoms with E-state index in [1.54, 1.807) is 0 Å². The summed E-state index contributed by atoms with van der Waals surface area (Å²) in [5.41, 5.74) is 9.90. The summed E-state index contributed by atoms with van der Waals surface area (Å²) in [6, 6.07) is 62.6. The maximum Gasteiger partial charge on any atom is 0.143 e. The Kier molecular flexibility index (Phi) is 6.17. The summed E-state index contributed by atoms with van der Waals surface area (Å²) in [5.74, 6) is 0. The van der Waals surface area contributed by atoms with Gasteiger partial charge in [0.1, 0.15) is 11.2 Å². The molecule has 1 heterocycles. The molecule has 0 saturated heterocycles. The van der Waals surface area contributed by atoms with E-state index < -0.39 is 0 Å². The second kappa shape index (κ2) is 10.8. The molecule has 0 radical (unpaired) electrons. The lowest BCUT2D eigenvalue weighted by Gasteiger charge is -2.25. The molecule has 0 unspecified atom stereocenters. The Morgan fingerprint density at radius 2 is 0.935 bits per heavy atom. The maximum absolute atomic E-state index is 6.66. The van der Waals surface area contributed by atoms with E-state index in [0.29, 0.717) is 0 Å². The standard InChI is InChI=1S/C44H29NO/c1-3-13-35(14-4-1)45(36-15-5-2-6-16-36)37-24-21-31(22-25-37)33-23-26-39-42-29-41(34-20-19-30-11-7-8-12-32(30)27-34)38-17-9-10-18-40(38)44(42)46-43(39)28-33/h1-29H. The summed E-state index contributed by atoms with van der Waals surface area (Å²) in [6.45, 7) is 0. The van der Waals surface area contributed by atoms with Gasteiger partial charge in [-0.1, -0.05) is 115 Å². The average Bonchev–Trinajstić information content (AvgIpc) is 3.50. The van der Waals surface area contributed by atoms with Crippen LogP contribution in [0.3, 0.4) is 0 Å². The summed E-state index contributed by atoms with van der Waals surface area (Å²) in [5, 5.41) is 7.09. The Balaban J connectivity index is 1.14. The number of anilines is 3. The molecule has 0 saturated carbocycles. The number of rotatable bonds is 5. The first kappa shape index (κ1) is 26.3. The molecule has 0 aliphatic carbocycles. The first-order chi connectivity index (χ1) is 22.8. The zero-order valence-electron chi connectivity index (χ0n) is 25.1. The van der Waals surface area contributed by atoms with Crippen LogP contribution in [0.5, 0.6) is 0 Å². The molecule has 0 spiro atoms. The number of hydrogen-bond donors (Lipinski definition) is 0. The van der Waals surface area contributed by atoms with Crippen LogP contribution >= 0.6 is 0 Å². The third-order valence-electron chi connectivity index (χ3n) is 9.03. The Bertz CT molecular complexity index is 2470. The highest BCUT2D eigenvalue weighted by molar-refractivity contribution is 6.19. The lowest BCUT2D eigenvalue weighted by molar-refractivity contribution is 0.673. The van der Waals surface area contributed by atoms with Crippen LogP contribution in [0.4, 0.5) is 17.1 Å². The summed E-state index contributed by atoms with van der Waals surface area (Å²) < 4.78 is 6.66. The van der Waals surface area contributed by atoms with Crippen molar-refractivity contribution in [3.05, 3.63) is 176 Å². The lowest BCUT2D eigenvalue weighted by atomic mass is 9.94. The van der Waals surface area contributed by atoms with Gasteiger partial charge in [-0.3, -0.25) is 0 Å².